The molecule has 1 atom stereocenters. The lowest BCUT2D eigenvalue weighted by atomic mass is 10.1. The minimum atomic E-state index is -0.770. The zero-order valence-electron chi connectivity index (χ0n) is 19.3. The van der Waals surface area contributed by atoms with Gasteiger partial charge >= 0.3 is 0 Å². The van der Waals surface area contributed by atoms with E-state index >= 15 is 0 Å². The van der Waals surface area contributed by atoms with E-state index in [1.165, 1.54) is 4.90 Å². The van der Waals surface area contributed by atoms with Gasteiger partial charge in [-0.05, 0) is 101 Å². The van der Waals surface area contributed by atoms with Crippen LogP contribution in [0.3, 0.4) is 0 Å². The maximum absolute atomic E-state index is 13.6. The van der Waals surface area contributed by atoms with Gasteiger partial charge in [-0.1, -0.05) is 6.07 Å². The van der Waals surface area contributed by atoms with Gasteiger partial charge in [-0.15, -0.1) is 0 Å². The predicted octanol–water partition coefficient (Wildman–Crippen LogP) is 4.56. The average Bonchev–Trinajstić information content (AvgIpc) is 3.43. The van der Waals surface area contributed by atoms with Crippen LogP contribution in [0.15, 0.2) is 66.7 Å². The van der Waals surface area contributed by atoms with Gasteiger partial charge in [0.2, 0.25) is 12.7 Å². The molecule has 2 aliphatic heterocycles. The molecule has 3 aromatic carbocycles. The van der Waals surface area contributed by atoms with Crippen molar-refractivity contribution in [3.05, 3.63) is 75.9 Å². The van der Waals surface area contributed by atoms with Crippen LogP contribution in [0, 0.1) is 3.57 Å². The number of anilines is 2. The number of amides is 2. The molecule has 0 aliphatic carbocycles. The third-order valence-corrected chi connectivity index (χ3v) is 7.08. The number of fused-ring (bicyclic) bond motifs is 1. The third-order valence-electron chi connectivity index (χ3n) is 5.95. The van der Waals surface area contributed by atoms with Gasteiger partial charge in [-0.3, -0.25) is 14.5 Å². The van der Waals surface area contributed by atoms with Crippen molar-refractivity contribution in [3.8, 4) is 17.2 Å². The molecule has 2 heterocycles. The highest BCUT2D eigenvalue weighted by molar-refractivity contribution is 14.1. The first-order chi connectivity index (χ1) is 17.4. The number of hydrogen-bond donors (Lipinski definition) is 1. The molecule has 1 N–H and O–H groups in total. The molecule has 0 radical (unpaired) electrons. The first-order valence-corrected chi connectivity index (χ1v) is 12.6. The number of carbonyl (C=O) groups excluding carboxylic acids is 2. The summed E-state index contributed by atoms with van der Waals surface area (Å²) in [5.41, 5.74) is 2.17. The fourth-order valence-corrected chi connectivity index (χ4v) is 4.89. The molecule has 0 bridgehead atoms. The maximum atomic E-state index is 13.6. The minimum absolute atomic E-state index is 0.0534. The van der Waals surface area contributed by atoms with Crippen LogP contribution < -0.4 is 24.4 Å². The third kappa shape index (κ3) is 4.96. The van der Waals surface area contributed by atoms with Crippen LogP contribution in [0.2, 0.25) is 0 Å². The van der Waals surface area contributed by atoms with Crippen LogP contribution in [-0.4, -0.2) is 41.8 Å². The van der Waals surface area contributed by atoms with Crippen LogP contribution >= 0.6 is 34.8 Å². The molecule has 8 nitrogen and oxygen atoms in total. The molecule has 0 spiro atoms. The van der Waals surface area contributed by atoms with E-state index in [-0.39, 0.29) is 25.0 Å². The zero-order valence-corrected chi connectivity index (χ0v) is 22.2. The molecule has 1 saturated heterocycles. The number of thiocarbonyl (C=S) groups is 1. The van der Waals surface area contributed by atoms with E-state index < -0.39 is 6.04 Å². The topological polar surface area (TPSA) is 80.3 Å². The van der Waals surface area contributed by atoms with Crippen molar-refractivity contribution >= 4 is 63.1 Å². The standard InChI is InChI=1S/C26H22IN3O5S/c1-33-20-9-7-19(8-10-20)30-25(32)21(13-24(31)28-18-5-3-17(27)4-6-18)29(26(30)36)14-16-2-11-22-23(12-16)35-15-34-22/h2-12,21H,13-15H2,1H3,(H,28,31). The van der Waals surface area contributed by atoms with Crippen molar-refractivity contribution < 1.29 is 23.8 Å². The van der Waals surface area contributed by atoms with Crippen LogP contribution in [0.1, 0.15) is 12.0 Å². The van der Waals surface area contributed by atoms with Gasteiger partial charge in [0.25, 0.3) is 5.91 Å². The van der Waals surface area contributed by atoms with E-state index in [0.717, 1.165) is 9.13 Å². The summed E-state index contributed by atoms with van der Waals surface area (Å²) in [4.78, 5) is 29.9. The van der Waals surface area contributed by atoms with Gasteiger partial charge in [0.1, 0.15) is 11.8 Å². The Labute approximate surface area is 227 Å². The Morgan fingerprint density at radius 2 is 1.81 bits per heavy atom. The Hall–Kier alpha value is -3.38. The lowest BCUT2D eigenvalue weighted by molar-refractivity contribution is -0.124. The fourth-order valence-electron chi connectivity index (χ4n) is 4.14. The molecule has 10 heteroatoms. The van der Waals surface area contributed by atoms with Gasteiger partial charge in [0.05, 0.1) is 19.2 Å². The SMILES string of the molecule is COc1ccc(N2C(=O)C(CC(=O)Nc3ccc(I)cc3)N(Cc3ccc4c(c3)OCO4)C2=S)cc1. The van der Waals surface area contributed by atoms with Gasteiger partial charge in [0, 0.05) is 15.8 Å². The summed E-state index contributed by atoms with van der Waals surface area (Å²) in [6.45, 7) is 0.501. The van der Waals surface area contributed by atoms with Gasteiger partial charge in [-0.25, -0.2) is 0 Å². The number of nitrogens with zero attached hydrogens (tertiary/aromatic N) is 2. The van der Waals surface area contributed by atoms with Gasteiger partial charge in [0.15, 0.2) is 16.6 Å². The van der Waals surface area contributed by atoms with E-state index in [4.69, 9.17) is 26.4 Å². The number of methoxy groups -OCH3 is 1. The summed E-state index contributed by atoms with van der Waals surface area (Å²) >= 11 is 7.97. The molecule has 2 amide bonds. The second kappa shape index (κ2) is 10.3. The molecule has 36 heavy (non-hydrogen) atoms. The second-order valence-electron chi connectivity index (χ2n) is 8.24. The molecule has 1 unspecified atom stereocenters. The molecule has 0 saturated carbocycles. The maximum Gasteiger partial charge on any atom is 0.256 e. The number of ether oxygens (including phenoxy) is 3. The predicted molar refractivity (Wildman–Crippen MR) is 147 cm³/mol. The van der Waals surface area contributed by atoms with Crippen molar-refractivity contribution in [1.29, 1.82) is 0 Å². The lowest BCUT2D eigenvalue weighted by Gasteiger charge is -2.24. The summed E-state index contributed by atoms with van der Waals surface area (Å²) in [5, 5.41) is 3.21. The van der Waals surface area contributed by atoms with Gasteiger partial charge in [-0.2, -0.15) is 0 Å². The van der Waals surface area contributed by atoms with Gasteiger partial charge < -0.3 is 24.4 Å². The lowest BCUT2D eigenvalue weighted by Crippen LogP contribution is -2.37. The average molecular weight is 615 g/mol. The van der Waals surface area contributed by atoms with Crippen molar-refractivity contribution in [3.63, 3.8) is 0 Å². The Morgan fingerprint density at radius 3 is 2.53 bits per heavy atom. The normalized spacial score (nSPS) is 16.4. The molecule has 3 aromatic rings. The van der Waals surface area contributed by atoms with E-state index in [1.54, 1.807) is 36.3 Å². The van der Waals surface area contributed by atoms with E-state index in [2.05, 4.69) is 27.9 Å². The summed E-state index contributed by atoms with van der Waals surface area (Å²) in [6, 6.07) is 19.4. The quantitative estimate of drug-likeness (QED) is 0.309. The first kappa shape index (κ1) is 24.3. The molecular formula is C26H22IN3O5S. The number of carbonyl (C=O) groups is 2. The smallest absolute Gasteiger partial charge is 0.256 e. The highest BCUT2D eigenvalue weighted by Gasteiger charge is 2.44. The monoisotopic (exact) mass is 615 g/mol. The summed E-state index contributed by atoms with van der Waals surface area (Å²) in [7, 11) is 1.58. The van der Waals surface area contributed by atoms with E-state index in [0.29, 0.717) is 40.3 Å². The molecule has 0 aromatic heterocycles. The summed E-state index contributed by atoms with van der Waals surface area (Å²) in [5.74, 6) is 1.45. The number of halogens is 1. The van der Waals surface area contributed by atoms with Crippen LogP contribution in [-0.2, 0) is 16.1 Å². The Balaban J connectivity index is 1.41. The number of hydrogen-bond acceptors (Lipinski definition) is 6. The van der Waals surface area contributed by atoms with Crippen molar-refractivity contribution in [2.75, 3.05) is 24.1 Å². The van der Waals surface area contributed by atoms with Crippen LogP contribution in [0.4, 0.5) is 11.4 Å². The van der Waals surface area contributed by atoms with Crippen molar-refractivity contribution in [2.24, 2.45) is 0 Å². The molecule has 184 valence electrons. The molecule has 2 aliphatic rings. The second-order valence-corrected chi connectivity index (χ2v) is 9.86. The molecule has 1 fully saturated rings. The van der Waals surface area contributed by atoms with Crippen molar-refractivity contribution in [2.45, 2.75) is 19.0 Å². The summed E-state index contributed by atoms with van der Waals surface area (Å²) in [6.07, 6.45) is -0.0534. The first-order valence-electron chi connectivity index (χ1n) is 11.2. The van der Waals surface area contributed by atoms with E-state index in [9.17, 15) is 9.59 Å². The molecular weight excluding hydrogens is 593 g/mol. The summed E-state index contributed by atoms with van der Waals surface area (Å²) < 4.78 is 17.2. The molecule has 5 rings (SSSR count). The van der Waals surface area contributed by atoms with Crippen LogP contribution in [0.5, 0.6) is 17.2 Å². The number of benzene rings is 3. The minimum Gasteiger partial charge on any atom is -0.497 e. The van der Waals surface area contributed by atoms with Crippen LogP contribution in [0.25, 0.3) is 0 Å². The van der Waals surface area contributed by atoms with E-state index in [1.807, 2.05) is 42.5 Å². The zero-order chi connectivity index (χ0) is 25.2. The number of nitrogens with one attached hydrogen (secondary N) is 1. The highest BCUT2D eigenvalue weighted by Crippen LogP contribution is 2.35. The Morgan fingerprint density at radius 1 is 1.08 bits per heavy atom. The highest BCUT2D eigenvalue weighted by atomic mass is 127. The Bertz CT molecular complexity index is 1320. The Kier molecular flexibility index (Phi) is 6.97. The van der Waals surface area contributed by atoms with Crippen molar-refractivity contribution in [1.82, 2.24) is 4.90 Å². The number of rotatable bonds is 7. The fraction of sp³-hybridized carbons (Fsp3) is 0.192. The largest absolute Gasteiger partial charge is 0.497 e.